The third kappa shape index (κ3) is 3.34. The van der Waals surface area contributed by atoms with E-state index in [0.29, 0.717) is 5.92 Å². The van der Waals surface area contributed by atoms with Crippen LogP contribution in [0.5, 0.6) is 0 Å². The molecule has 1 aliphatic rings. The van der Waals surface area contributed by atoms with Crippen LogP contribution >= 0.6 is 0 Å². The predicted octanol–water partition coefficient (Wildman–Crippen LogP) is 2.04. The van der Waals surface area contributed by atoms with Crippen LogP contribution in [0.4, 0.5) is 0 Å². The van der Waals surface area contributed by atoms with Gasteiger partial charge in [-0.2, -0.15) is 0 Å². The van der Waals surface area contributed by atoms with Crippen LogP contribution in [0.3, 0.4) is 0 Å². The third-order valence-electron chi connectivity index (χ3n) is 2.81. The molecule has 0 amide bonds. The van der Waals surface area contributed by atoms with Gasteiger partial charge in [-0.3, -0.25) is 0 Å². The van der Waals surface area contributed by atoms with E-state index in [1.807, 2.05) is 12.5 Å². The second kappa shape index (κ2) is 4.79. The van der Waals surface area contributed by atoms with E-state index in [4.69, 9.17) is 0 Å². The molecule has 0 bridgehead atoms. The molecule has 3 heteroatoms. The molecule has 0 spiro atoms. The molecule has 1 aliphatic carbocycles. The SMILES string of the molecule is CC(C)CNCc1cncn1CC1CC1. The van der Waals surface area contributed by atoms with Crippen molar-refractivity contribution in [2.75, 3.05) is 6.54 Å². The molecular weight excluding hydrogens is 186 g/mol. The largest absolute Gasteiger partial charge is 0.333 e. The van der Waals surface area contributed by atoms with Gasteiger partial charge >= 0.3 is 0 Å². The van der Waals surface area contributed by atoms with Crippen molar-refractivity contribution in [2.24, 2.45) is 11.8 Å². The molecule has 0 radical (unpaired) electrons. The van der Waals surface area contributed by atoms with Crippen molar-refractivity contribution in [1.29, 1.82) is 0 Å². The fourth-order valence-corrected chi connectivity index (χ4v) is 1.73. The van der Waals surface area contributed by atoms with Crippen LogP contribution in [0.15, 0.2) is 12.5 Å². The van der Waals surface area contributed by atoms with Crippen LogP contribution in [-0.2, 0) is 13.1 Å². The minimum Gasteiger partial charge on any atom is -0.333 e. The van der Waals surface area contributed by atoms with Crippen molar-refractivity contribution in [3.05, 3.63) is 18.2 Å². The van der Waals surface area contributed by atoms with Crippen molar-refractivity contribution in [1.82, 2.24) is 14.9 Å². The summed E-state index contributed by atoms with van der Waals surface area (Å²) in [5, 5.41) is 3.46. The van der Waals surface area contributed by atoms with Crippen molar-refractivity contribution in [3.63, 3.8) is 0 Å². The molecule has 1 heterocycles. The normalized spacial score (nSPS) is 16.2. The maximum absolute atomic E-state index is 4.22. The van der Waals surface area contributed by atoms with E-state index in [1.54, 1.807) is 0 Å². The zero-order valence-corrected chi connectivity index (χ0v) is 9.74. The number of aromatic nitrogens is 2. The minimum absolute atomic E-state index is 0.713. The summed E-state index contributed by atoms with van der Waals surface area (Å²) in [6.45, 7) is 7.65. The van der Waals surface area contributed by atoms with Crippen molar-refractivity contribution in [3.8, 4) is 0 Å². The first-order valence-corrected chi connectivity index (χ1v) is 5.95. The van der Waals surface area contributed by atoms with E-state index >= 15 is 0 Å². The van der Waals surface area contributed by atoms with Gasteiger partial charge in [-0.1, -0.05) is 13.8 Å². The first-order chi connectivity index (χ1) is 7.25. The fraction of sp³-hybridized carbons (Fsp3) is 0.750. The summed E-state index contributed by atoms with van der Waals surface area (Å²) in [6.07, 6.45) is 6.74. The number of imidazole rings is 1. The summed E-state index contributed by atoms with van der Waals surface area (Å²) in [7, 11) is 0. The van der Waals surface area contributed by atoms with Crippen LogP contribution in [0, 0.1) is 11.8 Å². The number of nitrogens with zero attached hydrogens (tertiary/aromatic N) is 2. The molecule has 0 aromatic carbocycles. The highest BCUT2D eigenvalue weighted by molar-refractivity contribution is 4.99. The first kappa shape index (κ1) is 10.7. The molecule has 0 saturated heterocycles. The molecule has 1 aromatic rings. The summed E-state index contributed by atoms with van der Waals surface area (Å²) in [5.74, 6) is 1.63. The highest BCUT2D eigenvalue weighted by Gasteiger charge is 2.22. The summed E-state index contributed by atoms with van der Waals surface area (Å²) < 4.78 is 2.30. The smallest absolute Gasteiger partial charge is 0.0948 e. The van der Waals surface area contributed by atoms with Gasteiger partial charge in [0.15, 0.2) is 0 Å². The number of rotatable bonds is 6. The molecule has 0 unspecified atom stereocenters. The molecule has 1 N–H and O–H groups in total. The van der Waals surface area contributed by atoms with Gasteiger partial charge in [0.2, 0.25) is 0 Å². The molecule has 15 heavy (non-hydrogen) atoms. The number of hydrogen-bond donors (Lipinski definition) is 1. The maximum atomic E-state index is 4.22. The number of nitrogens with one attached hydrogen (secondary N) is 1. The van der Waals surface area contributed by atoms with Gasteiger partial charge in [0, 0.05) is 19.3 Å². The van der Waals surface area contributed by atoms with Crippen LogP contribution in [-0.4, -0.2) is 16.1 Å². The van der Waals surface area contributed by atoms with Gasteiger partial charge in [-0.25, -0.2) is 4.98 Å². The number of hydrogen-bond acceptors (Lipinski definition) is 2. The summed E-state index contributed by atoms with van der Waals surface area (Å²) in [4.78, 5) is 4.22. The summed E-state index contributed by atoms with van der Waals surface area (Å²) in [6, 6.07) is 0. The minimum atomic E-state index is 0.713. The lowest BCUT2D eigenvalue weighted by Gasteiger charge is -2.09. The Balaban J connectivity index is 1.81. The Morgan fingerprint density at radius 2 is 2.33 bits per heavy atom. The Hall–Kier alpha value is -0.830. The third-order valence-corrected chi connectivity index (χ3v) is 2.81. The monoisotopic (exact) mass is 207 g/mol. The standard InChI is InChI=1S/C12H21N3/c1-10(2)5-13-6-12-7-14-9-15(12)8-11-3-4-11/h7,9-11,13H,3-6,8H2,1-2H3. The molecule has 3 nitrogen and oxygen atoms in total. The Labute approximate surface area is 91.9 Å². The van der Waals surface area contributed by atoms with Crippen LogP contribution in [0.1, 0.15) is 32.4 Å². The molecule has 2 rings (SSSR count). The first-order valence-electron chi connectivity index (χ1n) is 5.95. The maximum Gasteiger partial charge on any atom is 0.0948 e. The van der Waals surface area contributed by atoms with Gasteiger partial charge in [-0.15, -0.1) is 0 Å². The Morgan fingerprint density at radius 3 is 3.00 bits per heavy atom. The molecule has 1 fully saturated rings. The zero-order valence-electron chi connectivity index (χ0n) is 9.74. The van der Waals surface area contributed by atoms with Crippen LogP contribution < -0.4 is 5.32 Å². The highest BCUT2D eigenvalue weighted by atomic mass is 15.1. The molecule has 0 aliphatic heterocycles. The van der Waals surface area contributed by atoms with E-state index in [1.165, 1.54) is 25.1 Å². The van der Waals surface area contributed by atoms with Crippen LogP contribution in [0.2, 0.25) is 0 Å². The summed E-state index contributed by atoms with van der Waals surface area (Å²) in [5.41, 5.74) is 1.32. The van der Waals surface area contributed by atoms with Crippen molar-refractivity contribution < 1.29 is 0 Å². The average molecular weight is 207 g/mol. The lowest BCUT2D eigenvalue weighted by Crippen LogP contribution is -2.21. The zero-order chi connectivity index (χ0) is 10.7. The molecule has 1 aromatic heterocycles. The fourth-order valence-electron chi connectivity index (χ4n) is 1.73. The van der Waals surface area contributed by atoms with E-state index < -0.39 is 0 Å². The Bertz CT molecular complexity index is 300. The van der Waals surface area contributed by atoms with E-state index in [9.17, 15) is 0 Å². The Morgan fingerprint density at radius 1 is 1.53 bits per heavy atom. The van der Waals surface area contributed by atoms with Crippen molar-refractivity contribution in [2.45, 2.75) is 39.8 Å². The topological polar surface area (TPSA) is 29.9 Å². The molecule has 84 valence electrons. The van der Waals surface area contributed by atoms with Crippen LogP contribution in [0.25, 0.3) is 0 Å². The molecular formula is C12H21N3. The predicted molar refractivity (Wildman–Crippen MR) is 61.5 cm³/mol. The van der Waals surface area contributed by atoms with Gasteiger partial charge in [0.25, 0.3) is 0 Å². The second-order valence-electron chi connectivity index (χ2n) is 5.01. The van der Waals surface area contributed by atoms with Gasteiger partial charge in [0.1, 0.15) is 0 Å². The molecule has 1 saturated carbocycles. The van der Waals surface area contributed by atoms with E-state index in [-0.39, 0.29) is 0 Å². The van der Waals surface area contributed by atoms with E-state index in [0.717, 1.165) is 19.0 Å². The summed E-state index contributed by atoms with van der Waals surface area (Å²) >= 11 is 0. The lowest BCUT2D eigenvalue weighted by atomic mass is 10.2. The van der Waals surface area contributed by atoms with Gasteiger partial charge in [-0.05, 0) is 31.2 Å². The average Bonchev–Trinajstić information content (AvgIpc) is 2.87. The quantitative estimate of drug-likeness (QED) is 0.773. The van der Waals surface area contributed by atoms with Crippen molar-refractivity contribution >= 4 is 0 Å². The lowest BCUT2D eigenvalue weighted by molar-refractivity contribution is 0.526. The van der Waals surface area contributed by atoms with Gasteiger partial charge < -0.3 is 9.88 Å². The van der Waals surface area contributed by atoms with Gasteiger partial charge in [0.05, 0.1) is 12.0 Å². The van der Waals surface area contributed by atoms with E-state index in [2.05, 4.69) is 28.7 Å². The second-order valence-corrected chi connectivity index (χ2v) is 5.01. The Kier molecular flexibility index (Phi) is 3.41. The highest BCUT2D eigenvalue weighted by Crippen LogP contribution is 2.30. The molecule has 0 atom stereocenters.